The van der Waals surface area contributed by atoms with Crippen molar-refractivity contribution in [2.45, 2.75) is 20.3 Å². The van der Waals surface area contributed by atoms with Gasteiger partial charge in [0.15, 0.2) is 5.13 Å². The van der Waals surface area contributed by atoms with E-state index < -0.39 is 0 Å². The molecule has 28 heavy (non-hydrogen) atoms. The molecule has 0 aliphatic carbocycles. The van der Waals surface area contributed by atoms with Gasteiger partial charge in [-0.05, 0) is 43.2 Å². The van der Waals surface area contributed by atoms with Gasteiger partial charge in [0.2, 0.25) is 0 Å². The molecule has 2 aromatic carbocycles. The molecule has 1 aromatic heterocycles. The summed E-state index contributed by atoms with van der Waals surface area (Å²) in [5.41, 5.74) is 4.98. The van der Waals surface area contributed by atoms with Crippen molar-refractivity contribution in [3.05, 3.63) is 93.7 Å². The van der Waals surface area contributed by atoms with Gasteiger partial charge in [0, 0.05) is 28.6 Å². The fourth-order valence-corrected chi connectivity index (χ4v) is 3.77. The van der Waals surface area contributed by atoms with Gasteiger partial charge in [0.05, 0.1) is 6.26 Å². The van der Waals surface area contributed by atoms with Crippen LogP contribution in [-0.2, 0) is 11.2 Å². The lowest BCUT2D eigenvalue weighted by molar-refractivity contribution is -0.112. The largest absolute Gasteiger partial charge is 0.464 e. The first-order chi connectivity index (χ1) is 13.6. The molecule has 0 radical (unpaired) electrons. The van der Waals surface area contributed by atoms with Crippen LogP contribution in [0.15, 0.2) is 66.6 Å². The van der Waals surface area contributed by atoms with Gasteiger partial charge >= 0.3 is 0 Å². The zero-order chi connectivity index (χ0) is 19.5. The van der Waals surface area contributed by atoms with Crippen molar-refractivity contribution in [1.82, 2.24) is 4.98 Å². The molecule has 4 rings (SSSR count). The summed E-state index contributed by atoms with van der Waals surface area (Å²) in [6, 6.07) is 14.3. The number of ether oxygens (including phenoxy) is 1. The van der Waals surface area contributed by atoms with Crippen molar-refractivity contribution < 1.29 is 9.53 Å². The highest BCUT2D eigenvalue weighted by atomic mass is 32.1. The summed E-state index contributed by atoms with van der Waals surface area (Å²) in [6.45, 7) is 4.08. The molecule has 0 bridgehead atoms. The molecule has 0 saturated carbocycles. The Morgan fingerprint density at radius 3 is 2.71 bits per heavy atom. The zero-order valence-electron chi connectivity index (χ0n) is 15.7. The molecule has 1 N–H and O–H groups in total. The average Bonchev–Trinajstić information content (AvgIpc) is 2.99. The molecule has 0 atom stereocenters. The Morgan fingerprint density at radius 1 is 1.11 bits per heavy atom. The van der Waals surface area contributed by atoms with E-state index in [4.69, 9.17) is 4.74 Å². The number of carbonyl (C=O) groups excluding carboxylic acids is 1. The topological polar surface area (TPSA) is 51.2 Å². The molecule has 2 heterocycles. The number of rotatable bonds is 4. The van der Waals surface area contributed by atoms with Gasteiger partial charge < -0.3 is 4.74 Å². The van der Waals surface area contributed by atoms with Gasteiger partial charge in [-0.1, -0.05) is 42.0 Å². The fourth-order valence-electron chi connectivity index (χ4n) is 2.92. The molecule has 3 aromatic rings. The molecule has 5 heteroatoms. The molecule has 140 valence electrons. The molecular formula is C23H20N2O2S. The number of aryl methyl sites for hydroxylation is 2. The molecule has 0 spiro atoms. The van der Waals surface area contributed by atoms with Crippen LogP contribution in [0.25, 0.3) is 6.08 Å². The molecule has 1 aliphatic heterocycles. The number of anilines is 1. The van der Waals surface area contributed by atoms with Crippen LogP contribution in [0.5, 0.6) is 5.75 Å². The Bertz CT molecular complexity index is 1080. The van der Waals surface area contributed by atoms with Gasteiger partial charge in [0.1, 0.15) is 5.75 Å². The number of thiazole rings is 1. The molecule has 0 unspecified atom stereocenters. The van der Waals surface area contributed by atoms with Crippen molar-refractivity contribution in [1.29, 1.82) is 0 Å². The molecule has 1 aliphatic rings. The summed E-state index contributed by atoms with van der Waals surface area (Å²) >= 11 is 1.49. The molecular weight excluding hydrogens is 368 g/mol. The van der Waals surface area contributed by atoms with E-state index >= 15 is 0 Å². The number of amides is 1. The standard InChI is InChI=1S/C23H20N2O2S/c1-15-3-6-17(7-4-15)12-20-14-24-23(28-20)25-22(26)19-9-10-27-21-11-16(2)5-8-18(21)13-19/h3-11,13-14H,12H2,1-2H3,(H,24,25,26). The number of benzene rings is 2. The monoisotopic (exact) mass is 388 g/mol. The molecule has 4 nitrogen and oxygen atoms in total. The van der Waals surface area contributed by atoms with E-state index in [2.05, 4.69) is 41.5 Å². The minimum Gasteiger partial charge on any atom is -0.464 e. The Balaban J connectivity index is 1.47. The van der Waals surface area contributed by atoms with Crippen LogP contribution in [0.3, 0.4) is 0 Å². The lowest BCUT2D eigenvalue weighted by Gasteiger charge is -2.04. The Kier molecular flexibility index (Phi) is 5.08. The summed E-state index contributed by atoms with van der Waals surface area (Å²) in [6.07, 6.45) is 7.66. The number of hydrogen-bond acceptors (Lipinski definition) is 4. The maximum absolute atomic E-state index is 12.7. The number of hydrogen-bond donors (Lipinski definition) is 1. The number of nitrogens with zero attached hydrogens (tertiary/aromatic N) is 1. The van der Waals surface area contributed by atoms with E-state index in [0.717, 1.165) is 28.2 Å². The van der Waals surface area contributed by atoms with E-state index in [9.17, 15) is 4.79 Å². The number of carbonyl (C=O) groups is 1. The van der Waals surface area contributed by atoms with Crippen molar-refractivity contribution >= 4 is 28.5 Å². The highest BCUT2D eigenvalue weighted by molar-refractivity contribution is 7.15. The predicted octanol–water partition coefficient (Wildman–Crippen LogP) is 5.28. The molecule has 1 amide bonds. The first kappa shape index (κ1) is 18.2. The van der Waals surface area contributed by atoms with E-state index in [1.807, 2.05) is 37.4 Å². The summed E-state index contributed by atoms with van der Waals surface area (Å²) in [7, 11) is 0. The van der Waals surface area contributed by atoms with Crippen LogP contribution < -0.4 is 10.1 Å². The second-order valence-corrected chi connectivity index (χ2v) is 7.92. The van der Waals surface area contributed by atoms with Gasteiger partial charge in [-0.15, -0.1) is 11.3 Å². The lowest BCUT2D eigenvalue weighted by Crippen LogP contribution is -2.12. The summed E-state index contributed by atoms with van der Waals surface area (Å²) in [4.78, 5) is 18.1. The normalized spacial score (nSPS) is 12.6. The SMILES string of the molecule is Cc1ccc(Cc2cnc(NC(=O)C3=Cc4ccc(C)cc4OC=C3)s2)cc1. The van der Waals surface area contributed by atoms with E-state index in [-0.39, 0.29) is 5.91 Å². The highest BCUT2D eigenvalue weighted by Crippen LogP contribution is 2.27. The van der Waals surface area contributed by atoms with E-state index in [1.54, 1.807) is 12.3 Å². The first-order valence-corrected chi connectivity index (χ1v) is 9.86. The second-order valence-electron chi connectivity index (χ2n) is 6.81. The summed E-state index contributed by atoms with van der Waals surface area (Å²) in [5, 5.41) is 3.48. The van der Waals surface area contributed by atoms with Gasteiger partial charge in [-0.2, -0.15) is 0 Å². The fraction of sp³-hybridized carbons (Fsp3) is 0.130. The maximum atomic E-state index is 12.7. The van der Waals surface area contributed by atoms with Crippen LogP contribution in [0.2, 0.25) is 0 Å². The van der Waals surface area contributed by atoms with Crippen LogP contribution in [0.4, 0.5) is 5.13 Å². The van der Waals surface area contributed by atoms with Gasteiger partial charge in [0.25, 0.3) is 5.91 Å². The van der Waals surface area contributed by atoms with Gasteiger partial charge in [-0.3, -0.25) is 10.1 Å². The summed E-state index contributed by atoms with van der Waals surface area (Å²) < 4.78 is 5.61. The third-order valence-corrected chi connectivity index (χ3v) is 5.37. The third-order valence-electron chi connectivity index (χ3n) is 4.46. The van der Waals surface area contributed by atoms with Crippen LogP contribution in [0, 0.1) is 13.8 Å². The van der Waals surface area contributed by atoms with Crippen molar-refractivity contribution in [3.8, 4) is 5.75 Å². The lowest BCUT2D eigenvalue weighted by atomic mass is 10.1. The second kappa shape index (κ2) is 7.82. The predicted molar refractivity (Wildman–Crippen MR) is 114 cm³/mol. The smallest absolute Gasteiger partial charge is 0.257 e. The average molecular weight is 388 g/mol. The summed E-state index contributed by atoms with van der Waals surface area (Å²) in [5.74, 6) is 0.540. The maximum Gasteiger partial charge on any atom is 0.257 e. The van der Waals surface area contributed by atoms with Crippen molar-refractivity contribution in [2.75, 3.05) is 5.32 Å². The minimum atomic E-state index is -0.204. The highest BCUT2D eigenvalue weighted by Gasteiger charge is 2.14. The van der Waals surface area contributed by atoms with E-state index in [0.29, 0.717) is 10.7 Å². The number of fused-ring (bicyclic) bond motifs is 1. The first-order valence-electron chi connectivity index (χ1n) is 9.04. The quantitative estimate of drug-likeness (QED) is 0.662. The number of nitrogens with one attached hydrogen (secondary N) is 1. The van der Waals surface area contributed by atoms with Crippen molar-refractivity contribution in [2.24, 2.45) is 0 Å². The third kappa shape index (κ3) is 4.21. The van der Waals surface area contributed by atoms with Crippen LogP contribution >= 0.6 is 11.3 Å². The van der Waals surface area contributed by atoms with Gasteiger partial charge in [-0.25, -0.2) is 4.98 Å². The Morgan fingerprint density at radius 2 is 1.89 bits per heavy atom. The zero-order valence-corrected chi connectivity index (χ0v) is 16.5. The van der Waals surface area contributed by atoms with Crippen LogP contribution in [0.1, 0.15) is 27.1 Å². The van der Waals surface area contributed by atoms with Crippen LogP contribution in [-0.4, -0.2) is 10.9 Å². The number of aromatic nitrogens is 1. The Hall–Kier alpha value is -3.18. The van der Waals surface area contributed by atoms with E-state index in [1.165, 1.54) is 22.5 Å². The molecule has 0 fully saturated rings. The Labute approximate surface area is 168 Å². The minimum absolute atomic E-state index is 0.204. The molecule has 0 saturated heterocycles. The van der Waals surface area contributed by atoms with Crippen molar-refractivity contribution in [3.63, 3.8) is 0 Å².